The second-order valence-corrected chi connectivity index (χ2v) is 5.01. The topological polar surface area (TPSA) is 80.6 Å². The molecule has 2 amide bonds. The number of rotatable bonds is 5. The first-order valence-electron chi connectivity index (χ1n) is 7.13. The largest absolute Gasteiger partial charge is 0.497 e. The van der Waals surface area contributed by atoms with E-state index in [1.807, 2.05) is 13.0 Å². The van der Waals surface area contributed by atoms with Gasteiger partial charge >= 0.3 is 0 Å². The number of ether oxygens (including phenoxy) is 1. The maximum atomic E-state index is 12.3. The van der Waals surface area contributed by atoms with Crippen molar-refractivity contribution in [2.24, 2.45) is 0 Å². The normalized spacial score (nSPS) is 12.0. The third-order valence-corrected chi connectivity index (χ3v) is 3.44. The molecule has 2 aromatic rings. The lowest BCUT2D eigenvalue weighted by atomic mass is 10.1. The van der Waals surface area contributed by atoms with Crippen molar-refractivity contribution < 1.29 is 18.7 Å². The Morgan fingerprint density at radius 2 is 2.09 bits per heavy atom. The summed E-state index contributed by atoms with van der Waals surface area (Å²) in [6, 6.07) is 4.71. The van der Waals surface area contributed by atoms with Crippen LogP contribution in [0.15, 0.2) is 22.6 Å². The van der Waals surface area contributed by atoms with Gasteiger partial charge in [-0.1, -0.05) is 0 Å². The zero-order valence-corrected chi connectivity index (χ0v) is 13.1. The van der Waals surface area contributed by atoms with Crippen molar-refractivity contribution in [2.75, 3.05) is 13.7 Å². The number of fused-ring (bicyclic) bond motifs is 1. The van der Waals surface area contributed by atoms with Gasteiger partial charge in [-0.3, -0.25) is 9.59 Å². The van der Waals surface area contributed by atoms with Crippen LogP contribution < -0.4 is 15.4 Å². The number of carbonyl (C=O) groups excluding carboxylic acids is 2. The van der Waals surface area contributed by atoms with Gasteiger partial charge in [-0.2, -0.15) is 0 Å². The first kappa shape index (κ1) is 15.9. The predicted octanol–water partition coefficient (Wildman–Crippen LogP) is 2.00. The summed E-state index contributed by atoms with van der Waals surface area (Å²) in [7, 11) is 1.58. The van der Waals surface area contributed by atoms with Crippen LogP contribution in [0.4, 0.5) is 0 Å². The molecular formula is C16H20N2O4. The number of furan rings is 1. The van der Waals surface area contributed by atoms with Crippen LogP contribution in [-0.2, 0) is 4.79 Å². The Morgan fingerprint density at radius 3 is 2.73 bits per heavy atom. The molecular weight excluding hydrogens is 284 g/mol. The lowest BCUT2D eigenvalue weighted by molar-refractivity contribution is -0.122. The van der Waals surface area contributed by atoms with E-state index in [0.29, 0.717) is 17.9 Å². The average molecular weight is 304 g/mol. The van der Waals surface area contributed by atoms with Gasteiger partial charge in [0, 0.05) is 17.5 Å². The molecule has 0 aliphatic carbocycles. The second kappa shape index (κ2) is 6.51. The van der Waals surface area contributed by atoms with E-state index in [1.54, 1.807) is 33.1 Å². The fourth-order valence-electron chi connectivity index (χ4n) is 2.20. The lowest BCUT2D eigenvalue weighted by Crippen LogP contribution is -2.44. The van der Waals surface area contributed by atoms with Crippen LogP contribution in [0.3, 0.4) is 0 Å². The summed E-state index contributed by atoms with van der Waals surface area (Å²) < 4.78 is 10.8. The molecule has 1 aromatic heterocycles. The number of benzene rings is 1. The maximum absolute atomic E-state index is 12.3. The van der Waals surface area contributed by atoms with Gasteiger partial charge in [0.2, 0.25) is 5.91 Å². The van der Waals surface area contributed by atoms with Crippen LogP contribution in [-0.4, -0.2) is 31.5 Å². The molecule has 1 heterocycles. The van der Waals surface area contributed by atoms with Crippen molar-refractivity contribution in [3.63, 3.8) is 0 Å². The molecule has 22 heavy (non-hydrogen) atoms. The standard InChI is InChI=1S/C16H20N2O4/c1-5-17-15(19)10(3)18-16(20)14-9(2)12-8-11(21-4)6-7-13(12)22-14/h6-8,10H,5H2,1-4H3,(H,17,19)(H,18,20)/t10-/m0/s1. The highest BCUT2D eigenvalue weighted by Crippen LogP contribution is 2.28. The molecule has 0 aliphatic rings. The Kier molecular flexibility index (Phi) is 4.70. The van der Waals surface area contributed by atoms with E-state index < -0.39 is 11.9 Å². The Balaban J connectivity index is 2.25. The predicted molar refractivity (Wildman–Crippen MR) is 83.1 cm³/mol. The van der Waals surface area contributed by atoms with Gasteiger partial charge in [-0.05, 0) is 39.0 Å². The zero-order chi connectivity index (χ0) is 16.3. The smallest absolute Gasteiger partial charge is 0.287 e. The van der Waals surface area contributed by atoms with Crippen molar-refractivity contribution >= 4 is 22.8 Å². The number of likely N-dealkylation sites (N-methyl/N-ethyl adjacent to an activating group) is 1. The molecule has 0 fully saturated rings. The number of methoxy groups -OCH3 is 1. The highest BCUT2D eigenvalue weighted by molar-refractivity contribution is 6.01. The number of carbonyl (C=O) groups is 2. The summed E-state index contributed by atoms with van der Waals surface area (Å²) in [5.74, 6) is 0.260. The van der Waals surface area contributed by atoms with Gasteiger partial charge in [0.1, 0.15) is 17.4 Å². The fourth-order valence-corrected chi connectivity index (χ4v) is 2.20. The lowest BCUT2D eigenvalue weighted by Gasteiger charge is -2.12. The van der Waals surface area contributed by atoms with E-state index in [-0.39, 0.29) is 11.7 Å². The summed E-state index contributed by atoms with van der Waals surface area (Å²) in [5.41, 5.74) is 1.32. The van der Waals surface area contributed by atoms with E-state index in [9.17, 15) is 9.59 Å². The van der Waals surface area contributed by atoms with E-state index >= 15 is 0 Å². The third kappa shape index (κ3) is 3.05. The molecule has 0 bridgehead atoms. The van der Waals surface area contributed by atoms with E-state index in [0.717, 1.165) is 10.9 Å². The summed E-state index contributed by atoms with van der Waals surface area (Å²) in [6.45, 7) is 5.77. The molecule has 2 N–H and O–H groups in total. The van der Waals surface area contributed by atoms with E-state index in [2.05, 4.69) is 10.6 Å². The van der Waals surface area contributed by atoms with Crippen LogP contribution in [0.5, 0.6) is 5.75 Å². The molecule has 0 unspecified atom stereocenters. The monoisotopic (exact) mass is 304 g/mol. The average Bonchev–Trinajstić information content (AvgIpc) is 2.84. The second-order valence-electron chi connectivity index (χ2n) is 5.01. The minimum absolute atomic E-state index is 0.208. The first-order valence-corrected chi connectivity index (χ1v) is 7.13. The molecule has 1 aromatic carbocycles. The summed E-state index contributed by atoms with van der Waals surface area (Å²) in [4.78, 5) is 24.0. The SMILES string of the molecule is CCNC(=O)[C@H](C)NC(=O)c1oc2ccc(OC)cc2c1C. The summed E-state index contributed by atoms with van der Waals surface area (Å²) >= 11 is 0. The number of amides is 2. The molecule has 1 atom stereocenters. The molecule has 0 spiro atoms. The molecule has 0 radical (unpaired) electrons. The van der Waals surface area contributed by atoms with Gasteiger partial charge in [0.05, 0.1) is 7.11 Å². The van der Waals surface area contributed by atoms with Crippen LogP contribution in [0, 0.1) is 6.92 Å². The molecule has 6 heteroatoms. The quantitative estimate of drug-likeness (QED) is 0.885. The van der Waals surface area contributed by atoms with Crippen molar-refractivity contribution in [3.8, 4) is 5.75 Å². The number of aryl methyl sites for hydroxylation is 1. The number of hydrogen-bond acceptors (Lipinski definition) is 4. The highest BCUT2D eigenvalue weighted by Gasteiger charge is 2.21. The maximum Gasteiger partial charge on any atom is 0.287 e. The van der Waals surface area contributed by atoms with Gasteiger partial charge in [0.15, 0.2) is 5.76 Å². The Labute approximate surface area is 128 Å². The van der Waals surface area contributed by atoms with Crippen molar-refractivity contribution in [2.45, 2.75) is 26.8 Å². The molecule has 6 nitrogen and oxygen atoms in total. The number of hydrogen-bond donors (Lipinski definition) is 2. The van der Waals surface area contributed by atoms with Crippen molar-refractivity contribution in [3.05, 3.63) is 29.5 Å². The molecule has 0 saturated heterocycles. The fraction of sp³-hybridized carbons (Fsp3) is 0.375. The first-order chi connectivity index (χ1) is 10.5. The van der Waals surface area contributed by atoms with Gasteiger partial charge in [0.25, 0.3) is 5.91 Å². The Morgan fingerprint density at radius 1 is 1.36 bits per heavy atom. The van der Waals surface area contributed by atoms with Crippen molar-refractivity contribution in [1.29, 1.82) is 0 Å². The minimum atomic E-state index is -0.630. The summed E-state index contributed by atoms with van der Waals surface area (Å²) in [6.07, 6.45) is 0. The zero-order valence-electron chi connectivity index (χ0n) is 13.1. The number of nitrogens with one attached hydrogen (secondary N) is 2. The van der Waals surface area contributed by atoms with Crippen LogP contribution in [0.2, 0.25) is 0 Å². The van der Waals surface area contributed by atoms with Crippen LogP contribution >= 0.6 is 0 Å². The summed E-state index contributed by atoms with van der Waals surface area (Å²) in [5, 5.41) is 6.11. The molecule has 0 saturated carbocycles. The minimum Gasteiger partial charge on any atom is -0.497 e. The Hall–Kier alpha value is -2.50. The van der Waals surface area contributed by atoms with Gasteiger partial charge in [-0.15, -0.1) is 0 Å². The van der Waals surface area contributed by atoms with E-state index in [1.165, 1.54) is 0 Å². The van der Waals surface area contributed by atoms with E-state index in [4.69, 9.17) is 9.15 Å². The molecule has 2 rings (SSSR count). The van der Waals surface area contributed by atoms with Gasteiger partial charge < -0.3 is 19.8 Å². The Bertz CT molecular complexity index is 705. The third-order valence-electron chi connectivity index (χ3n) is 3.44. The van der Waals surface area contributed by atoms with Gasteiger partial charge in [-0.25, -0.2) is 0 Å². The highest BCUT2D eigenvalue weighted by atomic mass is 16.5. The van der Waals surface area contributed by atoms with Crippen LogP contribution in [0.1, 0.15) is 30.0 Å². The van der Waals surface area contributed by atoms with Crippen LogP contribution in [0.25, 0.3) is 11.0 Å². The van der Waals surface area contributed by atoms with Crippen molar-refractivity contribution in [1.82, 2.24) is 10.6 Å². The molecule has 0 aliphatic heterocycles. The molecule has 118 valence electrons.